The first-order chi connectivity index (χ1) is 14.0. The molecule has 0 bridgehead atoms. The normalized spacial score (nSPS) is 12.0. The fourth-order valence-electron chi connectivity index (χ4n) is 2.91. The third kappa shape index (κ3) is 5.36. The van der Waals surface area contributed by atoms with Crippen molar-refractivity contribution in [2.24, 2.45) is 5.92 Å². The third-order valence-electron chi connectivity index (χ3n) is 4.28. The Bertz CT molecular complexity index is 995. The van der Waals surface area contributed by atoms with Crippen LogP contribution in [-0.2, 0) is 12.3 Å². The van der Waals surface area contributed by atoms with Crippen molar-refractivity contribution >= 4 is 11.8 Å². The fourth-order valence-corrected chi connectivity index (χ4v) is 3.87. The van der Waals surface area contributed by atoms with E-state index in [-0.39, 0.29) is 11.9 Å². The number of nitrogens with zero attached hydrogens (tertiary/aromatic N) is 4. The van der Waals surface area contributed by atoms with Crippen molar-refractivity contribution < 1.29 is 9.13 Å². The zero-order chi connectivity index (χ0) is 20.8. The number of ether oxygens (including phenoxy) is 1. The lowest BCUT2D eigenvalue weighted by molar-refractivity contribution is 0.207. The smallest absolute Gasteiger partial charge is 0.191 e. The van der Waals surface area contributed by atoms with Crippen molar-refractivity contribution in [2.45, 2.75) is 44.3 Å². The molecule has 7 heteroatoms. The highest BCUT2D eigenvalue weighted by Gasteiger charge is 2.20. The van der Waals surface area contributed by atoms with Gasteiger partial charge in [0.1, 0.15) is 11.6 Å². The molecule has 0 N–H and O–H groups in total. The maximum Gasteiger partial charge on any atom is 0.191 e. The number of halogens is 1. The summed E-state index contributed by atoms with van der Waals surface area (Å²) < 4.78 is 21.1. The second kappa shape index (κ2) is 9.57. The average molecular weight is 411 g/mol. The van der Waals surface area contributed by atoms with E-state index in [0.29, 0.717) is 23.0 Å². The highest BCUT2D eigenvalue weighted by molar-refractivity contribution is 7.98. The van der Waals surface area contributed by atoms with Gasteiger partial charge < -0.3 is 9.30 Å². The van der Waals surface area contributed by atoms with Crippen molar-refractivity contribution in [2.75, 3.05) is 0 Å². The van der Waals surface area contributed by atoms with Crippen LogP contribution in [0.4, 0.5) is 4.39 Å². The molecule has 1 aromatic heterocycles. The minimum absolute atomic E-state index is 0.302. The predicted molar refractivity (Wildman–Crippen MR) is 111 cm³/mol. The van der Waals surface area contributed by atoms with E-state index < -0.39 is 0 Å². The molecule has 0 spiro atoms. The molecule has 3 rings (SSSR count). The Morgan fingerprint density at radius 3 is 2.52 bits per heavy atom. The summed E-state index contributed by atoms with van der Waals surface area (Å²) in [5.41, 5.74) is 1.64. The molecule has 5 nitrogen and oxygen atoms in total. The Labute approximate surface area is 174 Å². The van der Waals surface area contributed by atoms with Gasteiger partial charge >= 0.3 is 0 Å². The van der Waals surface area contributed by atoms with Crippen LogP contribution >= 0.6 is 11.8 Å². The maximum atomic E-state index is 13.1. The number of nitriles is 1. The van der Waals surface area contributed by atoms with E-state index in [1.165, 1.54) is 12.1 Å². The van der Waals surface area contributed by atoms with Crippen molar-refractivity contribution in [3.63, 3.8) is 0 Å². The average Bonchev–Trinajstić information content (AvgIpc) is 3.10. The Hall–Kier alpha value is -2.85. The van der Waals surface area contributed by atoms with Gasteiger partial charge in [0, 0.05) is 12.3 Å². The van der Waals surface area contributed by atoms with Crippen LogP contribution in [0.1, 0.15) is 43.8 Å². The van der Waals surface area contributed by atoms with Crippen molar-refractivity contribution in [1.29, 1.82) is 5.26 Å². The Morgan fingerprint density at radius 1 is 1.10 bits per heavy atom. The summed E-state index contributed by atoms with van der Waals surface area (Å²) in [6.45, 7) is 6.93. The molecule has 0 aliphatic heterocycles. The molecule has 0 aliphatic rings. The zero-order valence-corrected chi connectivity index (χ0v) is 17.5. The number of rotatable bonds is 8. The van der Waals surface area contributed by atoms with Gasteiger partial charge in [-0.1, -0.05) is 43.8 Å². The zero-order valence-electron chi connectivity index (χ0n) is 16.7. The van der Waals surface area contributed by atoms with Crippen LogP contribution in [0.3, 0.4) is 0 Å². The van der Waals surface area contributed by atoms with E-state index in [1.54, 1.807) is 23.9 Å². The molecule has 2 aromatic carbocycles. The van der Waals surface area contributed by atoms with Gasteiger partial charge in [-0.3, -0.25) is 0 Å². The Balaban J connectivity index is 1.80. The molecule has 0 amide bonds. The number of aromatic nitrogens is 3. The van der Waals surface area contributed by atoms with E-state index in [2.05, 4.69) is 34.7 Å². The fraction of sp³-hybridized carbons (Fsp3) is 0.318. The first-order valence-corrected chi connectivity index (χ1v) is 10.4. The van der Waals surface area contributed by atoms with Crippen LogP contribution in [0, 0.1) is 23.1 Å². The van der Waals surface area contributed by atoms with E-state index in [9.17, 15) is 9.65 Å². The maximum absolute atomic E-state index is 13.1. The number of hydrogen-bond acceptors (Lipinski definition) is 5. The van der Waals surface area contributed by atoms with Crippen LogP contribution in [0.5, 0.6) is 5.75 Å². The van der Waals surface area contributed by atoms with Gasteiger partial charge in [0.15, 0.2) is 17.1 Å². The molecule has 0 radical (unpaired) electrons. The van der Waals surface area contributed by atoms with Gasteiger partial charge in [-0.15, -0.1) is 10.2 Å². The van der Waals surface area contributed by atoms with Crippen molar-refractivity contribution in [3.05, 3.63) is 71.3 Å². The van der Waals surface area contributed by atoms with E-state index in [0.717, 1.165) is 23.1 Å². The van der Waals surface area contributed by atoms with Crippen LogP contribution in [-0.4, -0.2) is 14.8 Å². The summed E-state index contributed by atoms with van der Waals surface area (Å²) in [6.07, 6.45) is -0.340. The molecule has 0 saturated heterocycles. The summed E-state index contributed by atoms with van der Waals surface area (Å²) in [5, 5.41) is 18.8. The van der Waals surface area contributed by atoms with Gasteiger partial charge in [-0.2, -0.15) is 5.26 Å². The first-order valence-electron chi connectivity index (χ1n) is 9.44. The summed E-state index contributed by atoms with van der Waals surface area (Å²) in [5.74, 6) is 2.03. The summed E-state index contributed by atoms with van der Waals surface area (Å²) >= 11 is 1.55. The molecule has 29 heavy (non-hydrogen) atoms. The van der Waals surface area contributed by atoms with Crippen LogP contribution in [0.25, 0.3) is 0 Å². The quantitative estimate of drug-likeness (QED) is 0.467. The summed E-state index contributed by atoms with van der Waals surface area (Å²) in [6, 6.07) is 15.7. The van der Waals surface area contributed by atoms with Crippen molar-refractivity contribution in [1.82, 2.24) is 14.8 Å². The minimum atomic E-state index is -0.340. The molecular formula is C22H23FN4OS. The minimum Gasteiger partial charge on any atom is -0.483 e. The number of benzene rings is 2. The monoisotopic (exact) mass is 410 g/mol. The highest BCUT2D eigenvalue weighted by atomic mass is 32.2. The van der Waals surface area contributed by atoms with Gasteiger partial charge in [-0.05, 0) is 48.7 Å². The third-order valence-corrected chi connectivity index (χ3v) is 5.29. The molecule has 0 fully saturated rings. The second-order valence-corrected chi connectivity index (χ2v) is 8.06. The second-order valence-electron chi connectivity index (χ2n) is 7.12. The lowest BCUT2D eigenvalue weighted by Crippen LogP contribution is -2.15. The predicted octanol–water partition coefficient (Wildman–Crippen LogP) is 5.38. The van der Waals surface area contributed by atoms with Crippen LogP contribution in [0.2, 0.25) is 0 Å². The van der Waals surface area contributed by atoms with E-state index >= 15 is 0 Å². The van der Waals surface area contributed by atoms with E-state index in [1.807, 2.05) is 31.2 Å². The molecule has 1 unspecified atom stereocenters. The number of thioether (sulfide) groups is 1. The Kier molecular flexibility index (Phi) is 6.89. The summed E-state index contributed by atoms with van der Waals surface area (Å²) in [7, 11) is 0. The van der Waals surface area contributed by atoms with E-state index in [4.69, 9.17) is 4.74 Å². The molecule has 0 aliphatic carbocycles. The Morgan fingerprint density at radius 2 is 1.83 bits per heavy atom. The largest absolute Gasteiger partial charge is 0.483 e. The summed E-state index contributed by atoms with van der Waals surface area (Å²) in [4.78, 5) is 0. The molecular weight excluding hydrogens is 387 g/mol. The van der Waals surface area contributed by atoms with Crippen LogP contribution < -0.4 is 4.74 Å². The lowest BCUT2D eigenvalue weighted by atomic mass is 10.1. The molecule has 3 aromatic rings. The van der Waals surface area contributed by atoms with Crippen molar-refractivity contribution in [3.8, 4) is 11.8 Å². The molecule has 0 saturated carbocycles. The lowest BCUT2D eigenvalue weighted by Gasteiger charge is -2.18. The SMILES string of the molecule is CC(C)Cn1c(SCc2ccccc2C#N)nnc1C(C)Oc1ccc(F)cc1. The molecule has 1 heterocycles. The standard InChI is InChI=1S/C22H23FN4OS/c1-15(2)13-27-21(16(3)28-20-10-8-19(23)9-11-20)25-26-22(27)29-14-18-7-5-4-6-17(18)12-24/h4-11,15-16H,13-14H2,1-3H3. The number of hydrogen-bond donors (Lipinski definition) is 0. The van der Waals surface area contributed by atoms with Gasteiger partial charge in [0.05, 0.1) is 11.6 Å². The first kappa shape index (κ1) is 20.9. The molecule has 150 valence electrons. The van der Waals surface area contributed by atoms with Gasteiger partial charge in [0.2, 0.25) is 0 Å². The topological polar surface area (TPSA) is 63.7 Å². The molecule has 1 atom stereocenters. The highest BCUT2D eigenvalue weighted by Crippen LogP contribution is 2.28. The van der Waals surface area contributed by atoms with Gasteiger partial charge in [-0.25, -0.2) is 4.39 Å². The van der Waals surface area contributed by atoms with Crippen LogP contribution in [0.15, 0.2) is 53.7 Å². The van der Waals surface area contributed by atoms with Gasteiger partial charge in [0.25, 0.3) is 0 Å².